The average Bonchev–Trinajstić information content (AvgIpc) is 3.04. The Morgan fingerprint density at radius 1 is 1.09 bits per heavy atom. The monoisotopic (exact) mass is 398 g/mol. The van der Waals surface area contributed by atoms with E-state index < -0.39 is 0 Å². The van der Waals surface area contributed by atoms with Gasteiger partial charge in [-0.05, 0) is 57.0 Å². The molecule has 0 fully saturated rings. The Balaban J connectivity index is 1.74. The molecule has 1 N–H and O–H groups in total. The molecule has 0 amide bonds. The highest BCUT2D eigenvalue weighted by Crippen LogP contribution is 2.30. The molecule has 1 aromatic heterocycles. The van der Waals surface area contributed by atoms with Gasteiger partial charge in [0.25, 0.3) is 0 Å². The number of rotatable bonds is 4. The molecule has 22 heavy (non-hydrogen) atoms. The Bertz CT molecular complexity index is 796. The maximum atomic E-state index is 5.99. The number of aromatic amines is 1. The van der Waals surface area contributed by atoms with E-state index in [1.807, 2.05) is 24.3 Å². The molecule has 8 heteroatoms. The van der Waals surface area contributed by atoms with Gasteiger partial charge in [-0.25, -0.2) is 0 Å². The topological polar surface area (TPSA) is 63.7 Å². The number of nitrogens with zero attached hydrogens (tertiary/aromatic N) is 3. The molecule has 0 radical (unpaired) electrons. The molecule has 5 nitrogen and oxygen atoms in total. The number of hydrogen-bond donors (Lipinski definition) is 1. The molecule has 0 aliphatic rings. The van der Waals surface area contributed by atoms with Gasteiger partial charge in [-0.1, -0.05) is 29.3 Å². The summed E-state index contributed by atoms with van der Waals surface area (Å²) < 4.78 is 6.58. The van der Waals surface area contributed by atoms with Gasteiger partial charge in [0, 0.05) is 5.56 Å². The Labute approximate surface area is 144 Å². The zero-order chi connectivity index (χ0) is 15.5. The lowest BCUT2D eigenvalue weighted by atomic mass is 10.2. The van der Waals surface area contributed by atoms with E-state index in [9.17, 15) is 0 Å². The highest BCUT2D eigenvalue weighted by Gasteiger charge is 2.08. The van der Waals surface area contributed by atoms with Crippen molar-refractivity contribution in [1.29, 1.82) is 0 Å². The average molecular weight is 400 g/mol. The predicted molar refractivity (Wildman–Crippen MR) is 88.1 cm³/mol. The van der Waals surface area contributed by atoms with Crippen molar-refractivity contribution in [2.24, 2.45) is 0 Å². The van der Waals surface area contributed by atoms with E-state index in [1.54, 1.807) is 12.1 Å². The summed E-state index contributed by atoms with van der Waals surface area (Å²) >= 11 is 15.3. The first-order chi connectivity index (χ1) is 10.6. The van der Waals surface area contributed by atoms with Crippen LogP contribution in [0.2, 0.25) is 10.0 Å². The van der Waals surface area contributed by atoms with Gasteiger partial charge in [-0.3, -0.25) is 0 Å². The lowest BCUT2D eigenvalue weighted by Gasteiger charge is -2.09. The van der Waals surface area contributed by atoms with Gasteiger partial charge in [-0.2, -0.15) is 5.21 Å². The number of ether oxygens (including phenoxy) is 1. The number of aromatic nitrogens is 4. The van der Waals surface area contributed by atoms with E-state index >= 15 is 0 Å². The number of nitrogens with one attached hydrogen (secondary N) is 1. The van der Waals surface area contributed by atoms with Gasteiger partial charge in [0.05, 0.1) is 14.5 Å². The maximum Gasteiger partial charge on any atom is 0.204 e. The molecule has 0 saturated heterocycles. The van der Waals surface area contributed by atoms with Gasteiger partial charge >= 0.3 is 0 Å². The van der Waals surface area contributed by atoms with Gasteiger partial charge in [0.1, 0.15) is 12.4 Å². The van der Waals surface area contributed by atoms with Crippen molar-refractivity contribution in [3.05, 3.63) is 56.5 Å². The molecule has 0 atom stereocenters. The summed E-state index contributed by atoms with van der Waals surface area (Å²) in [6.07, 6.45) is 0. The molecule has 0 spiro atoms. The zero-order valence-corrected chi connectivity index (χ0v) is 14.2. The van der Waals surface area contributed by atoms with E-state index in [2.05, 4.69) is 36.6 Å². The van der Waals surface area contributed by atoms with Gasteiger partial charge in [0.2, 0.25) is 5.82 Å². The minimum Gasteiger partial charge on any atom is -0.488 e. The number of H-pyrrole nitrogens is 1. The van der Waals surface area contributed by atoms with E-state index in [1.165, 1.54) is 0 Å². The highest BCUT2D eigenvalue weighted by molar-refractivity contribution is 9.10. The predicted octanol–water partition coefficient (Wildman–Crippen LogP) is 4.52. The Kier molecular flexibility index (Phi) is 4.61. The number of halogens is 3. The fourth-order valence-corrected chi connectivity index (χ4v) is 2.65. The van der Waals surface area contributed by atoms with Crippen molar-refractivity contribution < 1.29 is 4.74 Å². The van der Waals surface area contributed by atoms with Crippen LogP contribution in [0.25, 0.3) is 11.4 Å². The molecule has 1 heterocycles. The Morgan fingerprint density at radius 2 is 1.95 bits per heavy atom. The molecule has 2 aromatic carbocycles. The minimum atomic E-state index is 0.386. The molecule has 0 aliphatic carbocycles. The summed E-state index contributed by atoms with van der Waals surface area (Å²) in [6, 6.07) is 11.0. The van der Waals surface area contributed by atoms with Crippen molar-refractivity contribution in [2.45, 2.75) is 6.61 Å². The van der Waals surface area contributed by atoms with E-state index in [4.69, 9.17) is 27.9 Å². The number of tetrazole rings is 1. The summed E-state index contributed by atoms with van der Waals surface area (Å²) in [6.45, 7) is 0.386. The summed E-state index contributed by atoms with van der Waals surface area (Å²) in [5.74, 6) is 1.23. The molecule has 0 bridgehead atoms. The van der Waals surface area contributed by atoms with Crippen LogP contribution in [0.15, 0.2) is 40.9 Å². The van der Waals surface area contributed by atoms with Crippen molar-refractivity contribution >= 4 is 39.1 Å². The minimum absolute atomic E-state index is 0.386. The largest absolute Gasteiger partial charge is 0.488 e. The van der Waals surface area contributed by atoms with Crippen LogP contribution in [0.5, 0.6) is 5.75 Å². The standard InChI is InChI=1S/C14H9BrCl2N4O/c15-10-6-9(14-18-20-21-19-14)2-4-13(10)22-7-8-1-3-11(16)12(17)5-8/h1-6H,7H2,(H,18,19,20,21). The van der Waals surface area contributed by atoms with Crippen LogP contribution in [-0.4, -0.2) is 20.6 Å². The first kappa shape index (κ1) is 15.3. The third-order valence-corrected chi connectivity index (χ3v) is 4.27. The van der Waals surface area contributed by atoms with Crippen LogP contribution >= 0.6 is 39.1 Å². The van der Waals surface area contributed by atoms with Crippen LogP contribution in [0, 0.1) is 0 Å². The summed E-state index contributed by atoms with van der Waals surface area (Å²) in [5, 5.41) is 14.9. The van der Waals surface area contributed by atoms with E-state index in [-0.39, 0.29) is 0 Å². The summed E-state index contributed by atoms with van der Waals surface area (Å²) in [7, 11) is 0. The quantitative estimate of drug-likeness (QED) is 0.700. The van der Waals surface area contributed by atoms with Crippen molar-refractivity contribution in [3.63, 3.8) is 0 Å². The summed E-state index contributed by atoms with van der Waals surface area (Å²) in [4.78, 5) is 0. The maximum absolute atomic E-state index is 5.99. The molecule has 0 saturated carbocycles. The fraction of sp³-hybridized carbons (Fsp3) is 0.0714. The third-order valence-electron chi connectivity index (χ3n) is 2.91. The van der Waals surface area contributed by atoms with Crippen LogP contribution in [0.3, 0.4) is 0 Å². The molecular weight excluding hydrogens is 391 g/mol. The van der Waals surface area contributed by atoms with Crippen LogP contribution in [0.4, 0.5) is 0 Å². The fourth-order valence-electron chi connectivity index (χ4n) is 1.83. The first-order valence-electron chi connectivity index (χ1n) is 6.23. The number of benzene rings is 2. The van der Waals surface area contributed by atoms with E-state index in [0.29, 0.717) is 28.2 Å². The van der Waals surface area contributed by atoms with Crippen molar-refractivity contribution in [2.75, 3.05) is 0 Å². The first-order valence-corrected chi connectivity index (χ1v) is 7.78. The van der Waals surface area contributed by atoms with Crippen LogP contribution in [0.1, 0.15) is 5.56 Å². The van der Waals surface area contributed by atoms with Crippen molar-refractivity contribution in [1.82, 2.24) is 20.6 Å². The van der Waals surface area contributed by atoms with E-state index in [0.717, 1.165) is 15.6 Å². The van der Waals surface area contributed by atoms with Gasteiger partial charge in [-0.15, -0.1) is 10.2 Å². The lowest BCUT2D eigenvalue weighted by Crippen LogP contribution is -1.96. The van der Waals surface area contributed by atoms with Crippen LogP contribution < -0.4 is 4.74 Å². The summed E-state index contributed by atoms with van der Waals surface area (Å²) in [5.41, 5.74) is 1.77. The zero-order valence-electron chi connectivity index (χ0n) is 11.1. The SMILES string of the molecule is Clc1ccc(COc2ccc(-c3nn[nH]n3)cc2Br)cc1Cl. The molecule has 3 aromatic rings. The Hall–Kier alpha value is -1.63. The third kappa shape index (κ3) is 3.40. The molecule has 0 aliphatic heterocycles. The second kappa shape index (κ2) is 6.64. The molecule has 3 rings (SSSR count). The highest BCUT2D eigenvalue weighted by atomic mass is 79.9. The lowest BCUT2D eigenvalue weighted by molar-refractivity contribution is 0.304. The smallest absolute Gasteiger partial charge is 0.204 e. The van der Waals surface area contributed by atoms with Gasteiger partial charge < -0.3 is 4.74 Å². The van der Waals surface area contributed by atoms with Gasteiger partial charge in [0.15, 0.2) is 0 Å². The second-order valence-electron chi connectivity index (χ2n) is 4.42. The molecular formula is C14H9BrCl2N4O. The molecule has 112 valence electrons. The second-order valence-corrected chi connectivity index (χ2v) is 6.09. The number of hydrogen-bond acceptors (Lipinski definition) is 4. The Morgan fingerprint density at radius 3 is 2.64 bits per heavy atom. The normalized spacial score (nSPS) is 10.7. The van der Waals surface area contributed by atoms with Crippen LogP contribution in [-0.2, 0) is 6.61 Å². The van der Waals surface area contributed by atoms with Crippen molar-refractivity contribution in [3.8, 4) is 17.1 Å². The molecule has 0 unspecified atom stereocenters.